The lowest BCUT2D eigenvalue weighted by molar-refractivity contribution is 0.211. The molecule has 1 aliphatic rings. The standard InChI is InChI=1S/C13H23N5O2S/c1-3-14-13-15-8-12(9-16-13)21(19,20)17-11-6-5-7-18(4-2)10-11/h8-9,11,17H,3-7,10H2,1-2H3,(H,14,15,16). The zero-order valence-corrected chi connectivity index (χ0v) is 13.4. The molecule has 1 aromatic rings. The Hall–Kier alpha value is -1.25. The number of aromatic nitrogens is 2. The van der Waals surface area contributed by atoms with Crippen LogP contribution in [0.5, 0.6) is 0 Å². The van der Waals surface area contributed by atoms with Crippen molar-refractivity contribution in [2.45, 2.75) is 37.6 Å². The van der Waals surface area contributed by atoms with Gasteiger partial charge in [0.15, 0.2) is 0 Å². The van der Waals surface area contributed by atoms with Crippen molar-refractivity contribution in [1.82, 2.24) is 19.6 Å². The Labute approximate surface area is 126 Å². The van der Waals surface area contributed by atoms with E-state index in [1.807, 2.05) is 6.92 Å². The Morgan fingerprint density at radius 1 is 1.33 bits per heavy atom. The van der Waals surface area contributed by atoms with Gasteiger partial charge in [-0.15, -0.1) is 0 Å². The first kappa shape index (κ1) is 16.1. The minimum absolute atomic E-state index is 0.0443. The molecular formula is C13H23N5O2S. The van der Waals surface area contributed by atoms with Crippen LogP contribution in [0.2, 0.25) is 0 Å². The van der Waals surface area contributed by atoms with Crippen LogP contribution in [-0.4, -0.2) is 55.5 Å². The highest BCUT2D eigenvalue weighted by Crippen LogP contribution is 2.14. The average Bonchev–Trinajstić information content (AvgIpc) is 2.48. The monoisotopic (exact) mass is 313 g/mol. The summed E-state index contributed by atoms with van der Waals surface area (Å²) in [4.78, 5) is 10.4. The van der Waals surface area contributed by atoms with E-state index in [0.29, 0.717) is 12.5 Å². The van der Waals surface area contributed by atoms with Crippen molar-refractivity contribution in [1.29, 1.82) is 0 Å². The summed E-state index contributed by atoms with van der Waals surface area (Å²) in [5, 5.41) is 2.94. The van der Waals surface area contributed by atoms with Crippen molar-refractivity contribution in [3.8, 4) is 0 Å². The fourth-order valence-corrected chi connectivity index (χ4v) is 3.58. The third-order valence-corrected chi connectivity index (χ3v) is 5.02. The van der Waals surface area contributed by atoms with Crippen LogP contribution in [0, 0.1) is 0 Å². The van der Waals surface area contributed by atoms with Gasteiger partial charge in [-0.3, -0.25) is 0 Å². The molecule has 1 atom stereocenters. The zero-order valence-electron chi connectivity index (χ0n) is 12.5. The Bertz CT molecular complexity index is 546. The molecule has 0 aromatic carbocycles. The number of hydrogen-bond donors (Lipinski definition) is 2. The van der Waals surface area contributed by atoms with Crippen LogP contribution in [0.1, 0.15) is 26.7 Å². The highest BCUT2D eigenvalue weighted by molar-refractivity contribution is 7.89. The quantitative estimate of drug-likeness (QED) is 0.803. The SMILES string of the molecule is CCNc1ncc(S(=O)(=O)NC2CCCN(CC)C2)cn1. The molecule has 1 fully saturated rings. The molecule has 0 amide bonds. The third kappa shape index (κ3) is 4.36. The highest BCUT2D eigenvalue weighted by atomic mass is 32.2. The normalized spacial score (nSPS) is 20.4. The van der Waals surface area contributed by atoms with Gasteiger partial charge in [0.25, 0.3) is 0 Å². The van der Waals surface area contributed by atoms with Crippen LogP contribution in [0.25, 0.3) is 0 Å². The number of likely N-dealkylation sites (N-methyl/N-ethyl adjacent to an activating group) is 1. The third-order valence-electron chi connectivity index (χ3n) is 3.55. The van der Waals surface area contributed by atoms with E-state index in [4.69, 9.17) is 0 Å². The van der Waals surface area contributed by atoms with Crippen LogP contribution in [0.3, 0.4) is 0 Å². The van der Waals surface area contributed by atoms with E-state index in [-0.39, 0.29) is 10.9 Å². The van der Waals surface area contributed by atoms with Gasteiger partial charge in [0.1, 0.15) is 4.90 Å². The van der Waals surface area contributed by atoms with E-state index < -0.39 is 10.0 Å². The van der Waals surface area contributed by atoms with Gasteiger partial charge in [-0.05, 0) is 32.9 Å². The number of nitrogens with one attached hydrogen (secondary N) is 2. The van der Waals surface area contributed by atoms with Crippen LogP contribution in [0.15, 0.2) is 17.3 Å². The zero-order chi connectivity index (χ0) is 15.3. The van der Waals surface area contributed by atoms with Gasteiger partial charge in [0.2, 0.25) is 16.0 Å². The van der Waals surface area contributed by atoms with Gasteiger partial charge in [0.05, 0.1) is 12.4 Å². The lowest BCUT2D eigenvalue weighted by atomic mass is 10.1. The molecule has 2 N–H and O–H groups in total. The Kier molecular flexibility index (Phi) is 5.49. The second-order valence-electron chi connectivity index (χ2n) is 5.13. The lowest BCUT2D eigenvalue weighted by Crippen LogP contribution is -2.47. The number of anilines is 1. The topological polar surface area (TPSA) is 87.2 Å². The Morgan fingerprint density at radius 2 is 2.05 bits per heavy atom. The fraction of sp³-hybridized carbons (Fsp3) is 0.692. The molecular weight excluding hydrogens is 290 g/mol. The molecule has 0 spiro atoms. The summed E-state index contributed by atoms with van der Waals surface area (Å²) in [7, 11) is -3.55. The molecule has 0 radical (unpaired) electrons. The second kappa shape index (κ2) is 7.15. The van der Waals surface area contributed by atoms with E-state index in [1.165, 1.54) is 12.4 Å². The van der Waals surface area contributed by atoms with Crippen molar-refractivity contribution < 1.29 is 8.42 Å². The maximum Gasteiger partial charge on any atom is 0.243 e. The number of piperidine rings is 1. The predicted molar refractivity (Wildman–Crippen MR) is 81.7 cm³/mol. The minimum atomic E-state index is -3.55. The fourth-order valence-electron chi connectivity index (χ4n) is 2.43. The Morgan fingerprint density at radius 3 is 2.67 bits per heavy atom. The van der Waals surface area contributed by atoms with Gasteiger partial charge in [-0.2, -0.15) is 0 Å². The summed E-state index contributed by atoms with van der Waals surface area (Å²) in [6, 6.07) is -0.0443. The Balaban J connectivity index is 2.03. The highest BCUT2D eigenvalue weighted by Gasteiger charge is 2.25. The molecule has 2 heterocycles. The molecule has 8 heteroatoms. The van der Waals surface area contributed by atoms with E-state index in [9.17, 15) is 8.42 Å². The number of hydrogen-bond acceptors (Lipinski definition) is 6. The molecule has 0 aliphatic carbocycles. The van der Waals surface area contributed by atoms with E-state index in [1.54, 1.807) is 0 Å². The van der Waals surface area contributed by atoms with Crippen LogP contribution in [0.4, 0.5) is 5.95 Å². The van der Waals surface area contributed by atoms with Gasteiger partial charge in [0, 0.05) is 19.1 Å². The first-order chi connectivity index (χ1) is 10.0. The maximum absolute atomic E-state index is 12.3. The number of likely N-dealkylation sites (tertiary alicyclic amines) is 1. The van der Waals surface area contributed by atoms with Crippen molar-refractivity contribution in [3.05, 3.63) is 12.4 Å². The predicted octanol–water partition coefficient (Wildman–Crippen LogP) is 0.671. The summed E-state index contributed by atoms with van der Waals surface area (Å²) in [6.45, 7) is 7.45. The summed E-state index contributed by atoms with van der Waals surface area (Å²) < 4.78 is 27.4. The molecule has 1 unspecified atom stereocenters. The van der Waals surface area contributed by atoms with Gasteiger partial charge >= 0.3 is 0 Å². The molecule has 0 saturated carbocycles. The smallest absolute Gasteiger partial charge is 0.243 e. The minimum Gasteiger partial charge on any atom is -0.355 e. The number of rotatable bonds is 6. The van der Waals surface area contributed by atoms with E-state index in [0.717, 1.165) is 32.5 Å². The maximum atomic E-state index is 12.3. The van der Waals surface area contributed by atoms with Gasteiger partial charge in [-0.25, -0.2) is 23.1 Å². The van der Waals surface area contributed by atoms with Gasteiger partial charge in [-0.1, -0.05) is 6.92 Å². The van der Waals surface area contributed by atoms with Crippen molar-refractivity contribution >= 4 is 16.0 Å². The molecule has 21 heavy (non-hydrogen) atoms. The van der Waals surface area contributed by atoms with Gasteiger partial charge < -0.3 is 10.2 Å². The first-order valence-electron chi connectivity index (χ1n) is 7.35. The second-order valence-corrected chi connectivity index (χ2v) is 6.84. The van der Waals surface area contributed by atoms with Crippen LogP contribution < -0.4 is 10.0 Å². The molecule has 118 valence electrons. The average molecular weight is 313 g/mol. The summed E-state index contributed by atoms with van der Waals surface area (Å²) in [5.41, 5.74) is 0. The molecule has 0 bridgehead atoms. The van der Waals surface area contributed by atoms with Crippen molar-refractivity contribution in [3.63, 3.8) is 0 Å². The van der Waals surface area contributed by atoms with Crippen LogP contribution in [-0.2, 0) is 10.0 Å². The molecule has 1 saturated heterocycles. The number of sulfonamides is 1. The summed E-state index contributed by atoms with van der Waals surface area (Å²) in [6.07, 6.45) is 4.56. The van der Waals surface area contributed by atoms with Crippen LogP contribution >= 0.6 is 0 Å². The number of nitrogens with zero attached hydrogens (tertiary/aromatic N) is 3. The molecule has 1 aliphatic heterocycles. The molecule has 1 aromatic heterocycles. The first-order valence-corrected chi connectivity index (χ1v) is 8.84. The van der Waals surface area contributed by atoms with Crippen molar-refractivity contribution in [2.75, 3.05) is 31.5 Å². The molecule has 7 nitrogen and oxygen atoms in total. The lowest BCUT2D eigenvalue weighted by Gasteiger charge is -2.31. The van der Waals surface area contributed by atoms with Crippen molar-refractivity contribution in [2.24, 2.45) is 0 Å². The van der Waals surface area contributed by atoms with E-state index >= 15 is 0 Å². The largest absolute Gasteiger partial charge is 0.355 e. The summed E-state index contributed by atoms with van der Waals surface area (Å²) in [5.74, 6) is 0.436. The molecule has 2 rings (SSSR count). The van der Waals surface area contributed by atoms with E-state index in [2.05, 4.69) is 31.8 Å². The summed E-state index contributed by atoms with van der Waals surface area (Å²) >= 11 is 0.